The largest absolute Gasteiger partial charge is 0.309 e. The van der Waals surface area contributed by atoms with E-state index in [9.17, 15) is 0 Å². The van der Waals surface area contributed by atoms with Gasteiger partial charge < -0.3 is 10.2 Å². The van der Waals surface area contributed by atoms with Crippen molar-refractivity contribution in [1.82, 2.24) is 10.2 Å². The second kappa shape index (κ2) is 7.06. The smallest absolute Gasteiger partial charge is 0.0449 e. The molecule has 2 rings (SSSR count). The van der Waals surface area contributed by atoms with Crippen LogP contribution in [-0.2, 0) is 6.42 Å². The summed E-state index contributed by atoms with van der Waals surface area (Å²) in [5, 5.41) is 3.62. The van der Waals surface area contributed by atoms with Gasteiger partial charge in [-0.3, -0.25) is 0 Å². The second-order valence-electron chi connectivity index (χ2n) is 5.77. The molecule has 1 unspecified atom stereocenters. The fourth-order valence-electron chi connectivity index (χ4n) is 2.69. The molecule has 0 aliphatic heterocycles. The van der Waals surface area contributed by atoms with Crippen molar-refractivity contribution in [1.29, 1.82) is 0 Å². The van der Waals surface area contributed by atoms with Crippen molar-refractivity contribution in [2.24, 2.45) is 0 Å². The highest BCUT2D eigenvalue weighted by atomic mass is 15.2. The molecular weight excluding hydrogens is 232 g/mol. The predicted octanol–water partition coefficient (Wildman–Crippen LogP) is 3.38. The van der Waals surface area contributed by atoms with Crippen LogP contribution in [-0.4, -0.2) is 31.1 Å². The van der Waals surface area contributed by atoms with Crippen LogP contribution in [0.25, 0.3) is 0 Å². The van der Waals surface area contributed by atoms with Crippen molar-refractivity contribution in [2.75, 3.05) is 20.1 Å². The van der Waals surface area contributed by atoms with E-state index in [0.717, 1.165) is 19.1 Å². The highest BCUT2D eigenvalue weighted by Crippen LogP contribution is 2.27. The number of likely N-dealkylation sites (N-methyl/N-ethyl adjacent to an activating group) is 2. The van der Waals surface area contributed by atoms with Gasteiger partial charge in [0.2, 0.25) is 0 Å². The van der Waals surface area contributed by atoms with E-state index in [1.165, 1.54) is 36.8 Å². The second-order valence-corrected chi connectivity index (χ2v) is 5.77. The SMILES string of the molecule is CCCc1ccc(C(CN(C)C2CC2)NCC)cc1. The molecule has 1 aliphatic rings. The van der Waals surface area contributed by atoms with E-state index in [-0.39, 0.29) is 0 Å². The van der Waals surface area contributed by atoms with Crippen molar-refractivity contribution in [2.45, 2.75) is 51.6 Å². The van der Waals surface area contributed by atoms with E-state index in [0.29, 0.717) is 6.04 Å². The summed E-state index contributed by atoms with van der Waals surface area (Å²) in [5.74, 6) is 0. The lowest BCUT2D eigenvalue weighted by Crippen LogP contribution is -2.34. The van der Waals surface area contributed by atoms with Crippen LogP contribution in [0, 0.1) is 0 Å². The van der Waals surface area contributed by atoms with Crippen LogP contribution >= 0.6 is 0 Å². The molecule has 19 heavy (non-hydrogen) atoms. The molecule has 0 spiro atoms. The first-order chi connectivity index (χ1) is 9.24. The Balaban J connectivity index is 1.99. The van der Waals surface area contributed by atoms with Gasteiger partial charge in [-0.25, -0.2) is 0 Å². The van der Waals surface area contributed by atoms with Crippen LogP contribution < -0.4 is 5.32 Å². The van der Waals surface area contributed by atoms with Gasteiger partial charge in [0.25, 0.3) is 0 Å². The van der Waals surface area contributed by atoms with Crippen LogP contribution in [0.3, 0.4) is 0 Å². The minimum atomic E-state index is 0.464. The molecule has 1 atom stereocenters. The fourth-order valence-corrected chi connectivity index (χ4v) is 2.69. The van der Waals surface area contributed by atoms with Crippen molar-refractivity contribution in [3.63, 3.8) is 0 Å². The number of nitrogens with zero attached hydrogens (tertiary/aromatic N) is 1. The predicted molar refractivity (Wildman–Crippen MR) is 82.5 cm³/mol. The van der Waals surface area contributed by atoms with Gasteiger partial charge in [0.05, 0.1) is 0 Å². The molecule has 0 amide bonds. The van der Waals surface area contributed by atoms with E-state index in [1.54, 1.807) is 0 Å². The Morgan fingerprint density at radius 2 is 1.89 bits per heavy atom. The summed E-state index contributed by atoms with van der Waals surface area (Å²) >= 11 is 0. The number of benzene rings is 1. The molecule has 0 radical (unpaired) electrons. The molecule has 2 heteroatoms. The van der Waals surface area contributed by atoms with E-state index in [1.807, 2.05) is 0 Å². The maximum absolute atomic E-state index is 3.62. The Kier molecular flexibility index (Phi) is 5.41. The Bertz CT molecular complexity index is 367. The van der Waals surface area contributed by atoms with Gasteiger partial charge in [0.15, 0.2) is 0 Å². The van der Waals surface area contributed by atoms with Gasteiger partial charge in [0.1, 0.15) is 0 Å². The van der Waals surface area contributed by atoms with Gasteiger partial charge in [0, 0.05) is 18.6 Å². The number of hydrogen-bond acceptors (Lipinski definition) is 2. The third-order valence-corrected chi connectivity index (χ3v) is 4.01. The summed E-state index contributed by atoms with van der Waals surface area (Å²) in [5.41, 5.74) is 2.88. The highest BCUT2D eigenvalue weighted by molar-refractivity contribution is 5.25. The Hall–Kier alpha value is -0.860. The Morgan fingerprint density at radius 3 is 2.42 bits per heavy atom. The summed E-state index contributed by atoms with van der Waals surface area (Å²) in [6, 6.07) is 10.5. The lowest BCUT2D eigenvalue weighted by atomic mass is 10.0. The molecule has 1 saturated carbocycles. The number of rotatable bonds is 8. The van der Waals surface area contributed by atoms with Crippen molar-refractivity contribution in [3.05, 3.63) is 35.4 Å². The first-order valence-electron chi connectivity index (χ1n) is 7.77. The zero-order chi connectivity index (χ0) is 13.7. The number of nitrogens with one attached hydrogen (secondary N) is 1. The average molecular weight is 260 g/mol. The summed E-state index contributed by atoms with van der Waals surface area (Å²) in [7, 11) is 2.26. The normalized spacial score (nSPS) is 16.8. The summed E-state index contributed by atoms with van der Waals surface area (Å²) < 4.78 is 0. The molecule has 1 fully saturated rings. The average Bonchev–Trinajstić information content (AvgIpc) is 3.24. The van der Waals surface area contributed by atoms with Gasteiger partial charge in [-0.15, -0.1) is 0 Å². The molecule has 1 aromatic carbocycles. The molecule has 0 aromatic heterocycles. The Morgan fingerprint density at radius 1 is 1.21 bits per heavy atom. The molecular formula is C17H28N2. The maximum Gasteiger partial charge on any atom is 0.0449 e. The fraction of sp³-hybridized carbons (Fsp3) is 0.647. The molecule has 0 saturated heterocycles. The molecule has 2 nitrogen and oxygen atoms in total. The lowest BCUT2D eigenvalue weighted by molar-refractivity contribution is 0.283. The minimum absolute atomic E-state index is 0.464. The van der Waals surface area contributed by atoms with E-state index in [4.69, 9.17) is 0 Å². The van der Waals surface area contributed by atoms with Gasteiger partial charge >= 0.3 is 0 Å². The zero-order valence-corrected chi connectivity index (χ0v) is 12.7. The minimum Gasteiger partial charge on any atom is -0.309 e. The first-order valence-corrected chi connectivity index (χ1v) is 7.77. The quantitative estimate of drug-likeness (QED) is 0.771. The summed E-state index contributed by atoms with van der Waals surface area (Å²) in [6.07, 6.45) is 5.17. The monoisotopic (exact) mass is 260 g/mol. The summed E-state index contributed by atoms with van der Waals surface area (Å²) in [6.45, 7) is 6.57. The maximum atomic E-state index is 3.62. The van der Waals surface area contributed by atoms with Gasteiger partial charge in [-0.1, -0.05) is 44.5 Å². The molecule has 0 heterocycles. The molecule has 1 aliphatic carbocycles. The highest BCUT2D eigenvalue weighted by Gasteiger charge is 2.27. The van der Waals surface area contributed by atoms with Crippen molar-refractivity contribution in [3.8, 4) is 0 Å². The van der Waals surface area contributed by atoms with E-state index >= 15 is 0 Å². The standard InChI is InChI=1S/C17H28N2/c1-4-6-14-7-9-15(10-8-14)17(18-5-2)13-19(3)16-11-12-16/h7-10,16-18H,4-6,11-13H2,1-3H3. The van der Waals surface area contributed by atoms with Crippen LogP contribution in [0.4, 0.5) is 0 Å². The zero-order valence-electron chi connectivity index (χ0n) is 12.7. The third kappa shape index (κ3) is 4.32. The topological polar surface area (TPSA) is 15.3 Å². The first kappa shape index (κ1) is 14.5. The van der Waals surface area contributed by atoms with Crippen LogP contribution in [0.1, 0.15) is 50.3 Å². The van der Waals surface area contributed by atoms with E-state index < -0.39 is 0 Å². The van der Waals surface area contributed by atoms with Gasteiger partial charge in [-0.2, -0.15) is 0 Å². The number of hydrogen-bond donors (Lipinski definition) is 1. The molecule has 106 valence electrons. The molecule has 0 bridgehead atoms. The van der Waals surface area contributed by atoms with Gasteiger partial charge in [-0.05, 0) is 44.0 Å². The van der Waals surface area contributed by atoms with Crippen LogP contribution in [0.15, 0.2) is 24.3 Å². The Labute approximate surface area is 118 Å². The summed E-state index contributed by atoms with van der Waals surface area (Å²) in [4.78, 5) is 2.51. The van der Waals surface area contributed by atoms with E-state index in [2.05, 4.69) is 55.4 Å². The third-order valence-electron chi connectivity index (χ3n) is 4.01. The van der Waals surface area contributed by atoms with Crippen molar-refractivity contribution >= 4 is 0 Å². The van der Waals surface area contributed by atoms with Crippen molar-refractivity contribution < 1.29 is 0 Å². The molecule has 1 aromatic rings. The van der Waals surface area contributed by atoms with Crippen LogP contribution in [0.2, 0.25) is 0 Å². The number of aryl methyl sites for hydroxylation is 1. The lowest BCUT2D eigenvalue weighted by Gasteiger charge is -2.25. The van der Waals surface area contributed by atoms with Crippen LogP contribution in [0.5, 0.6) is 0 Å². The molecule has 1 N–H and O–H groups in total.